The fraction of sp³-hybridized carbons (Fsp3) is 0.474. The lowest BCUT2D eigenvalue weighted by Gasteiger charge is -2.29. The van der Waals surface area contributed by atoms with Gasteiger partial charge in [0.05, 0.1) is 16.5 Å². The highest BCUT2D eigenvalue weighted by atomic mass is 16.6. The van der Waals surface area contributed by atoms with Gasteiger partial charge in [-0.2, -0.15) is 0 Å². The molecule has 1 fully saturated rings. The van der Waals surface area contributed by atoms with Gasteiger partial charge in [0.2, 0.25) is 0 Å². The summed E-state index contributed by atoms with van der Waals surface area (Å²) in [4.78, 5) is 35.2. The molecule has 1 aromatic rings. The van der Waals surface area contributed by atoms with Gasteiger partial charge in [0.15, 0.2) is 0 Å². The molecule has 1 saturated carbocycles. The average Bonchev–Trinajstić information content (AvgIpc) is 2.89. The third kappa shape index (κ3) is 4.24. The monoisotopic (exact) mass is 388 g/mol. The van der Waals surface area contributed by atoms with Crippen molar-refractivity contribution in [2.45, 2.75) is 57.6 Å². The van der Waals surface area contributed by atoms with Crippen LogP contribution in [0.5, 0.6) is 5.75 Å². The fourth-order valence-corrected chi connectivity index (χ4v) is 3.65. The van der Waals surface area contributed by atoms with Crippen molar-refractivity contribution in [2.24, 2.45) is 0 Å². The van der Waals surface area contributed by atoms with Crippen molar-refractivity contribution in [1.29, 1.82) is 0 Å². The molecule has 1 heterocycles. The first-order valence-electron chi connectivity index (χ1n) is 9.31. The van der Waals surface area contributed by atoms with Gasteiger partial charge in [-0.1, -0.05) is 25.0 Å². The molecule has 150 valence electrons. The molecule has 28 heavy (non-hydrogen) atoms. The minimum Gasteiger partial charge on any atom is -0.868 e. The Morgan fingerprint density at radius 1 is 1.21 bits per heavy atom. The number of amides is 2. The third-order valence-electron chi connectivity index (χ3n) is 5.08. The summed E-state index contributed by atoms with van der Waals surface area (Å²) in [5.41, 5.74) is 0.158. The molecule has 0 spiro atoms. The van der Waals surface area contributed by atoms with Crippen LogP contribution in [0.15, 0.2) is 29.5 Å². The van der Waals surface area contributed by atoms with E-state index in [1.165, 1.54) is 6.07 Å². The molecule has 2 amide bonds. The van der Waals surface area contributed by atoms with E-state index in [9.17, 15) is 24.8 Å². The number of nitrogens with zero attached hydrogens (tertiary/aromatic N) is 1. The van der Waals surface area contributed by atoms with Gasteiger partial charge in [-0.05, 0) is 43.9 Å². The zero-order valence-corrected chi connectivity index (χ0v) is 15.5. The summed E-state index contributed by atoms with van der Waals surface area (Å²) in [6, 6.07) is 2.04. The van der Waals surface area contributed by atoms with E-state index in [4.69, 9.17) is 4.74 Å². The highest BCUT2D eigenvalue weighted by molar-refractivity contribution is 5.95. The second-order valence-electron chi connectivity index (χ2n) is 7.07. The molecule has 2 aliphatic rings. The van der Waals surface area contributed by atoms with Crippen molar-refractivity contribution in [1.82, 2.24) is 10.6 Å². The Morgan fingerprint density at radius 2 is 1.89 bits per heavy atom. The van der Waals surface area contributed by atoms with Crippen LogP contribution in [0.25, 0.3) is 0 Å². The number of rotatable bonds is 4. The van der Waals surface area contributed by atoms with Gasteiger partial charge in [-0.25, -0.2) is 9.59 Å². The molecule has 0 radical (unpaired) electrons. The van der Waals surface area contributed by atoms with Crippen LogP contribution in [0, 0.1) is 10.1 Å². The van der Waals surface area contributed by atoms with Crippen LogP contribution in [0.3, 0.4) is 0 Å². The molecule has 9 nitrogen and oxygen atoms in total. The average molecular weight is 388 g/mol. The lowest BCUT2D eigenvalue weighted by atomic mass is 9.95. The quantitative estimate of drug-likeness (QED) is 0.352. The Hall–Kier alpha value is -3.10. The van der Waals surface area contributed by atoms with Crippen LogP contribution in [-0.4, -0.2) is 23.0 Å². The molecular formula is C19H22N3O6-. The van der Waals surface area contributed by atoms with E-state index in [2.05, 4.69) is 10.6 Å². The molecule has 2 N–H and O–H groups in total. The van der Waals surface area contributed by atoms with Gasteiger partial charge < -0.3 is 20.5 Å². The molecule has 0 saturated heterocycles. The summed E-state index contributed by atoms with van der Waals surface area (Å²) in [5, 5.41) is 27.9. The number of ether oxygens (including phenoxy) is 1. The second kappa shape index (κ2) is 8.28. The van der Waals surface area contributed by atoms with E-state index in [0.29, 0.717) is 5.70 Å². The van der Waals surface area contributed by atoms with Crippen molar-refractivity contribution in [2.75, 3.05) is 0 Å². The number of esters is 1. The number of nitrogens with one attached hydrogen (secondary N) is 2. The Labute approximate surface area is 161 Å². The number of benzene rings is 1. The van der Waals surface area contributed by atoms with Crippen molar-refractivity contribution in [3.8, 4) is 5.75 Å². The Morgan fingerprint density at radius 3 is 2.54 bits per heavy atom. The molecule has 1 aliphatic carbocycles. The molecule has 1 aliphatic heterocycles. The Bertz CT molecular complexity index is 827. The normalized spacial score (nSPS) is 20.8. The van der Waals surface area contributed by atoms with Crippen molar-refractivity contribution in [3.63, 3.8) is 0 Å². The molecule has 9 heteroatoms. The van der Waals surface area contributed by atoms with Crippen molar-refractivity contribution >= 4 is 17.7 Å². The molecule has 3 rings (SSSR count). The number of hydrogen-bond donors (Lipinski definition) is 2. The van der Waals surface area contributed by atoms with Crippen LogP contribution in [-0.2, 0) is 9.53 Å². The van der Waals surface area contributed by atoms with Crippen molar-refractivity contribution in [3.05, 3.63) is 45.1 Å². The smallest absolute Gasteiger partial charge is 0.338 e. The predicted octanol–water partition coefficient (Wildman–Crippen LogP) is 2.56. The molecule has 0 bridgehead atoms. The number of nitro groups is 1. The molecule has 0 unspecified atom stereocenters. The maximum absolute atomic E-state index is 12.9. The van der Waals surface area contributed by atoms with Gasteiger partial charge >= 0.3 is 12.0 Å². The topological polar surface area (TPSA) is 134 Å². The van der Waals surface area contributed by atoms with E-state index >= 15 is 0 Å². The number of carbonyl (C=O) groups is 2. The largest absolute Gasteiger partial charge is 0.868 e. The van der Waals surface area contributed by atoms with Crippen molar-refractivity contribution < 1.29 is 24.4 Å². The summed E-state index contributed by atoms with van der Waals surface area (Å²) in [5.74, 6) is -1.31. The highest BCUT2D eigenvalue weighted by Crippen LogP contribution is 2.33. The van der Waals surface area contributed by atoms with Gasteiger partial charge in [0, 0.05) is 11.8 Å². The number of nitro benzene ring substituents is 1. The Balaban J connectivity index is 1.91. The van der Waals surface area contributed by atoms with Gasteiger partial charge in [0.1, 0.15) is 6.10 Å². The predicted molar refractivity (Wildman–Crippen MR) is 97.2 cm³/mol. The van der Waals surface area contributed by atoms with Crippen LogP contribution < -0.4 is 15.7 Å². The van der Waals surface area contributed by atoms with E-state index < -0.39 is 34.4 Å². The van der Waals surface area contributed by atoms with Crippen LogP contribution in [0.2, 0.25) is 0 Å². The zero-order valence-electron chi connectivity index (χ0n) is 15.5. The van der Waals surface area contributed by atoms with Crippen LogP contribution >= 0.6 is 0 Å². The molecule has 1 aromatic carbocycles. The number of allylic oxidation sites excluding steroid dienone is 1. The number of hydrogen-bond acceptors (Lipinski definition) is 6. The summed E-state index contributed by atoms with van der Waals surface area (Å²) in [6.07, 6.45) is 5.60. The molecule has 0 aromatic heterocycles. The van der Waals surface area contributed by atoms with Gasteiger partial charge in [-0.3, -0.25) is 10.1 Å². The first kappa shape index (κ1) is 19.7. The first-order chi connectivity index (χ1) is 13.4. The second-order valence-corrected chi connectivity index (χ2v) is 7.07. The van der Waals surface area contributed by atoms with Gasteiger partial charge in [0.25, 0.3) is 5.69 Å². The van der Waals surface area contributed by atoms with Gasteiger partial charge in [-0.15, -0.1) is 0 Å². The highest BCUT2D eigenvalue weighted by Gasteiger charge is 2.34. The zero-order chi connectivity index (χ0) is 20.3. The number of carbonyl (C=O) groups excluding carboxylic acids is 2. The van der Waals surface area contributed by atoms with E-state index in [-0.39, 0.29) is 17.2 Å². The summed E-state index contributed by atoms with van der Waals surface area (Å²) < 4.78 is 5.69. The fourth-order valence-electron chi connectivity index (χ4n) is 3.65. The standard InChI is InChI=1S/C19H23N3O6/c1-11-16(18(24)28-13-6-4-2-3-5-7-13)17(21-19(25)20-11)12-8-9-15(23)14(10-12)22(26)27/h8-10,13,17,23H,2-7H2,1H3,(H2,20,21,25)/p-1/t17-/m0/s1. The molecular weight excluding hydrogens is 366 g/mol. The SMILES string of the molecule is CC1=C(C(=O)OC2CCCCCC2)[C@H](c2ccc([O-])c([N+](=O)[O-])c2)NC(=O)N1. The Kier molecular flexibility index (Phi) is 5.81. The van der Waals surface area contributed by atoms with E-state index in [1.54, 1.807) is 6.92 Å². The summed E-state index contributed by atoms with van der Waals surface area (Å²) in [6.45, 7) is 1.58. The first-order valence-corrected chi connectivity index (χ1v) is 9.31. The van der Waals surface area contributed by atoms with E-state index in [0.717, 1.165) is 50.7 Å². The third-order valence-corrected chi connectivity index (χ3v) is 5.08. The molecule has 1 atom stereocenters. The van der Waals surface area contributed by atoms with E-state index in [1.807, 2.05) is 0 Å². The maximum Gasteiger partial charge on any atom is 0.338 e. The number of urea groups is 1. The van der Waals surface area contributed by atoms with Crippen LogP contribution in [0.1, 0.15) is 57.1 Å². The maximum atomic E-state index is 12.9. The lowest BCUT2D eigenvalue weighted by Crippen LogP contribution is -2.45. The lowest BCUT2D eigenvalue weighted by molar-refractivity contribution is -0.398. The summed E-state index contributed by atoms with van der Waals surface area (Å²) in [7, 11) is 0. The minimum absolute atomic E-state index is 0.178. The minimum atomic E-state index is -0.939. The summed E-state index contributed by atoms with van der Waals surface area (Å²) >= 11 is 0. The van der Waals surface area contributed by atoms with Crippen LogP contribution in [0.4, 0.5) is 10.5 Å².